The molecule has 0 aliphatic carbocycles. The number of carbonyl (C=O) groups is 1. The summed E-state index contributed by atoms with van der Waals surface area (Å²) in [5.41, 5.74) is 5.84. The van der Waals surface area contributed by atoms with Crippen LogP contribution in [0.3, 0.4) is 0 Å². The van der Waals surface area contributed by atoms with Crippen molar-refractivity contribution in [3.8, 4) is 5.75 Å². The molecule has 0 saturated heterocycles. The van der Waals surface area contributed by atoms with Gasteiger partial charge in [-0.25, -0.2) is 0 Å². The van der Waals surface area contributed by atoms with Gasteiger partial charge in [-0.3, -0.25) is 9.00 Å². The van der Waals surface area contributed by atoms with Gasteiger partial charge in [0.15, 0.2) is 0 Å². The molecule has 1 rings (SSSR count). The van der Waals surface area contributed by atoms with Crippen molar-refractivity contribution in [3.63, 3.8) is 0 Å². The van der Waals surface area contributed by atoms with E-state index in [9.17, 15) is 9.00 Å². The third-order valence-corrected chi connectivity index (χ3v) is 3.83. The van der Waals surface area contributed by atoms with E-state index in [0.29, 0.717) is 17.2 Å². The summed E-state index contributed by atoms with van der Waals surface area (Å²) < 4.78 is 16.8. The predicted octanol–water partition coefficient (Wildman–Crippen LogP) is 1.12. The standard InChI is InChI=1S/C13H20N2O3S/c1-13(2,14)9-19(17)8-12(16)15-10-5-4-6-11(7-10)18-3/h4-7H,8-9,14H2,1-3H3,(H,15,16). The third kappa shape index (κ3) is 6.35. The number of nitrogens with two attached hydrogens (primary N) is 1. The van der Waals surface area contributed by atoms with Crippen molar-refractivity contribution < 1.29 is 13.7 Å². The molecule has 0 fully saturated rings. The lowest BCUT2D eigenvalue weighted by molar-refractivity contribution is -0.113. The van der Waals surface area contributed by atoms with Gasteiger partial charge in [-0.2, -0.15) is 0 Å². The van der Waals surface area contributed by atoms with E-state index in [4.69, 9.17) is 10.5 Å². The summed E-state index contributed by atoms with van der Waals surface area (Å²) >= 11 is 0. The number of ether oxygens (including phenoxy) is 1. The van der Waals surface area contributed by atoms with Crippen LogP contribution in [0, 0.1) is 0 Å². The number of carbonyl (C=O) groups excluding carboxylic acids is 1. The maximum Gasteiger partial charge on any atom is 0.236 e. The average Bonchev–Trinajstić information content (AvgIpc) is 2.26. The topological polar surface area (TPSA) is 81.4 Å². The van der Waals surface area contributed by atoms with E-state index < -0.39 is 16.3 Å². The van der Waals surface area contributed by atoms with Crippen LogP contribution in [0.4, 0.5) is 5.69 Å². The second-order valence-corrected chi connectivity index (χ2v) is 6.45. The van der Waals surface area contributed by atoms with Gasteiger partial charge >= 0.3 is 0 Å². The molecule has 0 radical (unpaired) electrons. The number of nitrogens with one attached hydrogen (secondary N) is 1. The number of amides is 1. The highest BCUT2D eigenvalue weighted by Crippen LogP contribution is 2.16. The summed E-state index contributed by atoms with van der Waals surface area (Å²) in [5, 5.41) is 2.68. The van der Waals surface area contributed by atoms with Gasteiger partial charge in [0.25, 0.3) is 0 Å². The van der Waals surface area contributed by atoms with Gasteiger partial charge in [0.2, 0.25) is 5.91 Å². The summed E-state index contributed by atoms with van der Waals surface area (Å²) in [7, 11) is 0.286. The van der Waals surface area contributed by atoms with Crippen LogP contribution >= 0.6 is 0 Å². The Labute approximate surface area is 116 Å². The first kappa shape index (κ1) is 15.7. The molecule has 0 aromatic heterocycles. The molecule has 1 atom stereocenters. The smallest absolute Gasteiger partial charge is 0.236 e. The Morgan fingerprint density at radius 3 is 2.74 bits per heavy atom. The minimum Gasteiger partial charge on any atom is -0.497 e. The quantitative estimate of drug-likeness (QED) is 0.820. The lowest BCUT2D eigenvalue weighted by atomic mass is 10.1. The molecule has 106 valence electrons. The van der Waals surface area contributed by atoms with Crippen LogP contribution in [0.2, 0.25) is 0 Å². The van der Waals surface area contributed by atoms with Crippen LogP contribution in [-0.4, -0.2) is 34.3 Å². The fraction of sp³-hybridized carbons (Fsp3) is 0.462. The van der Waals surface area contributed by atoms with Crippen LogP contribution in [0.5, 0.6) is 5.75 Å². The molecule has 1 unspecified atom stereocenters. The van der Waals surface area contributed by atoms with E-state index in [1.165, 1.54) is 0 Å². The maximum atomic E-state index is 11.7. The lowest BCUT2D eigenvalue weighted by Gasteiger charge is -2.17. The van der Waals surface area contributed by atoms with Crippen molar-refractivity contribution in [2.75, 3.05) is 23.9 Å². The number of benzene rings is 1. The Bertz CT molecular complexity index is 469. The maximum absolute atomic E-state index is 11.7. The third-order valence-electron chi connectivity index (χ3n) is 2.18. The molecule has 1 aromatic carbocycles. The summed E-state index contributed by atoms with van der Waals surface area (Å²) in [6.07, 6.45) is 0. The van der Waals surface area contributed by atoms with Gasteiger partial charge < -0.3 is 15.8 Å². The Morgan fingerprint density at radius 1 is 1.47 bits per heavy atom. The monoisotopic (exact) mass is 284 g/mol. The summed E-state index contributed by atoms with van der Waals surface area (Å²) in [6.45, 7) is 3.57. The van der Waals surface area contributed by atoms with E-state index in [1.807, 2.05) is 0 Å². The van der Waals surface area contributed by atoms with Crippen LogP contribution in [0.25, 0.3) is 0 Å². The molecular formula is C13H20N2O3S. The fourth-order valence-corrected chi connectivity index (χ4v) is 2.81. The van der Waals surface area contributed by atoms with E-state index in [0.717, 1.165) is 0 Å². The zero-order valence-corrected chi connectivity index (χ0v) is 12.3. The number of anilines is 1. The summed E-state index contributed by atoms with van der Waals surface area (Å²) in [4.78, 5) is 11.7. The molecule has 19 heavy (non-hydrogen) atoms. The molecule has 0 heterocycles. The van der Waals surface area contributed by atoms with Gasteiger partial charge in [-0.1, -0.05) is 6.07 Å². The Balaban J connectivity index is 2.53. The first-order chi connectivity index (χ1) is 8.80. The van der Waals surface area contributed by atoms with Crippen LogP contribution in [0.15, 0.2) is 24.3 Å². The zero-order valence-electron chi connectivity index (χ0n) is 11.4. The number of rotatable bonds is 6. The largest absolute Gasteiger partial charge is 0.497 e. The van der Waals surface area contributed by atoms with Crippen molar-refractivity contribution in [1.82, 2.24) is 0 Å². The number of methoxy groups -OCH3 is 1. The second kappa shape index (κ2) is 6.68. The average molecular weight is 284 g/mol. The molecule has 1 aromatic rings. The minimum atomic E-state index is -1.27. The van der Waals surface area contributed by atoms with Gasteiger partial charge in [-0.15, -0.1) is 0 Å². The minimum absolute atomic E-state index is 0.0577. The van der Waals surface area contributed by atoms with Crippen LogP contribution < -0.4 is 15.8 Å². The molecule has 0 saturated carbocycles. The Morgan fingerprint density at radius 2 is 2.16 bits per heavy atom. The highest BCUT2D eigenvalue weighted by Gasteiger charge is 2.17. The van der Waals surface area contributed by atoms with Gasteiger partial charge in [0, 0.05) is 33.8 Å². The van der Waals surface area contributed by atoms with Gasteiger partial charge in [0.05, 0.1) is 7.11 Å². The molecule has 6 heteroatoms. The number of hydrogen-bond acceptors (Lipinski definition) is 4. The fourth-order valence-electron chi connectivity index (χ4n) is 1.51. The van der Waals surface area contributed by atoms with Crippen molar-refractivity contribution >= 4 is 22.4 Å². The van der Waals surface area contributed by atoms with Gasteiger partial charge in [0.1, 0.15) is 11.5 Å². The Hall–Kier alpha value is -1.40. The van der Waals surface area contributed by atoms with E-state index >= 15 is 0 Å². The highest BCUT2D eigenvalue weighted by atomic mass is 32.2. The van der Waals surface area contributed by atoms with Crippen molar-refractivity contribution in [2.45, 2.75) is 19.4 Å². The molecule has 0 aliphatic heterocycles. The molecule has 0 aliphatic rings. The lowest BCUT2D eigenvalue weighted by Crippen LogP contribution is -2.39. The number of hydrogen-bond donors (Lipinski definition) is 2. The van der Waals surface area contributed by atoms with Crippen LogP contribution in [0.1, 0.15) is 13.8 Å². The SMILES string of the molecule is COc1cccc(NC(=O)CS(=O)CC(C)(C)N)c1. The van der Waals surface area contributed by atoms with Crippen molar-refractivity contribution in [1.29, 1.82) is 0 Å². The first-order valence-electron chi connectivity index (χ1n) is 5.88. The first-order valence-corrected chi connectivity index (χ1v) is 7.37. The van der Waals surface area contributed by atoms with Gasteiger partial charge in [-0.05, 0) is 26.0 Å². The van der Waals surface area contributed by atoms with E-state index in [1.54, 1.807) is 45.2 Å². The molecule has 1 amide bonds. The predicted molar refractivity (Wildman–Crippen MR) is 77.8 cm³/mol. The molecule has 3 N–H and O–H groups in total. The molecular weight excluding hydrogens is 264 g/mol. The van der Waals surface area contributed by atoms with Crippen LogP contribution in [-0.2, 0) is 15.6 Å². The zero-order chi connectivity index (χ0) is 14.5. The molecule has 5 nitrogen and oxygen atoms in total. The summed E-state index contributed by atoms with van der Waals surface area (Å²) in [6, 6.07) is 7.00. The highest BCUT2D eigenvalue weighted by molar-refractivity contribution is 7.85. The molecule has 0 bridgehead atoms. The normalized spacial score (nSPS) is 12.8. The van der Waals surface area contributed by atoms with Crippen molar-refractivity contribution in [2.24, 2.45) is 5.73 Å². The van der Waals surface area contributed by atoms with E-state index in [2.05, 4.69) is 5.32 Å². The van der Waals surface area contributed by atoms with E-state index in [-0.39, 0.29) is 11.7 Å². The molecule has 0 spiro atoms. The second-order valence-electron chi connectivity index (χ2n) is 5.00. The van der Waals surface area contributed by atoms with Crippen molar-refractivity contribution in [3.05, 3.63) is 24.3 Å². The summed E-state index contributed by atoms with van der Waals surface area (Å²) in [5.74, 6) is 0.592. The Kier molecular flexibility index (Phi) is 5.50.